The molecule has 1 heterocycles. The average molecular weight is 206 g/mol. The minimum atomic E-state index is -0.947. The Morgan fingerprint density at radius 2 is 2.07 bits per heavy atom. The van der Waals surface area contributed by atoms with Gasteiger partial charge in [-0.05, 0) is 19.1 Å². The van der Waals surface area contributed by atoms with Crippen LogP contribution >= 0.6 is 0 Å². The van der Waals surface area contributed by atoms with E-state index in [1.54, 1.807) is 19.1 Å². The van der Waals surface area contributed by atoms with Crippen molar-refractivity contribution >= 4 is 17.0 Å². The van der Waals surface area contributed by atoms with Gasteiger partial charge in [0.1, 0.15) is 11.3 Å². The molecule has 0 saturated carbocycles. The van der Waals surface area contributed by atoms with Gasteiger partial charge in [0.05, 0.1) is 11.1 Å². The van der Waals surface area contributed by atoms with Crippen molar-refractivity contribution in [1.29, 1.82) is 0 Å². The number of nitrogens with zero attached hydrogens (tertiary/aromatic N) is 1. The molecular formula is C11H14N2O2. The number of carboxylic acid groups (broad SMARTS) is 1. The maximum absolute atomic E-state index is 10.8. The number of fused-ring (bicyclic) bond motifs is 1. The number of carbonyl (C=O) groups is 1. The molecule has 0 fully saturated rings. The third kappa shape index (κ3) is 2.15. The first kappa shape index (κ1) is 11.2. The second kappa shape index (κ2) is 4.59. The summed E-state index contributed by atoms with van der Waals surface area (Å²) >= 11 is 0. The highest BCUT2D eigenvalue weighted by Gasteiger charge is 2.10. The average Bonchev–Trinajstić information content (AvgIpc) is 2.60. The van der Waals surface area contributed by atoms with Gasteiger partial charge >= 0.3 is 5.97 Å². The van der Waals surface area contributed by atoms with Crippen molar-refractivity contribution < 1.29 is 9.90 Å². The molecule has 15 heavy (non-hydrogen) atoms. The number of aromatic nitrogens is 2. The number of hydrogen-bond donors (Lipinski definition) is 2. The van der Waals surface area contributed by atoms with Crippen LogP contribution in [0, 0.1) is 6.92 Å². The molecule has 80 valence electrons. The number of nitrogens with one attached hydrogen (secondary N) is 1. The molecule has 0 aliphatic rings. The molecule has 1 aromatic carbocycles. The fourth-order valence-electron chi connectivity index (χ4n) is 1.33. The van der Waals surface area contributed by atoms with E-state index in [0.717, 1.165) is 11.3 Å². The second-order valence-electron chi connectivity index (χ2n) is 2.83. The molecule has 0 bridgehead atoms. The van der Waals surface area contributed by atoms with Crippen molar-refractivity contribution in [2.45, 2.75) is 20.8 Å². The first-order valence-corrected chi connectivity index (χ1v) is 4.87. The van der Waals surface area contributed by atoms with Crippen LogP contribution in [-0.4, -0.2) is 21.0 Å². The fourth-order valence-corrected chi connectivity index (χ4v) is 1.33. The monoisotopic (exact) mass is 206 g/mol. The van der Waals surface area contributed by atoms with Crippen LogP contribution in [0.15, 0.2) is 18.2 Å². The first-order valence-electron chi connectivity index (χ1n) is 4.87. The molecule has 0 amide bonds. The summed E-state index contributed by atoms with van der Waals surface area (Å²) in [7, 11) is 0. The van der Waals surface area contributed by atoms with Gasteiger partial charge in [0.2, 0.25) is 0 Å². The summed E-state index contributed by atoms with van der Waals surface area (Å²) in [5, 5.41) is 8.84. The lowest BCUT2D eigenvalue weighted by Gasteiger charge is -1.93. The van der Waals surface area contributed by atoms with E-state index in [9.17, 15) is 4.79 Å². The first-order chi connectivity index (χ1) is 7.18. The Kier molecular flexibility index (Phi) is 3.44. The number of benzene rings is 1. The number of aromatic carboxylic acids is 1. The molecule has 0 radical (unpaired) electrons. The van der Waals surface area contributed by atoms with E-state index in [2.05, 4.69) is 9.97 Å². The standard InChI is InChI=1S/C9H8N2O2.C2H6/c1-5-10-7-4-2-3-6(9(12)13)8(7)11-5;1-2/h2-4H,1H3,(H,10,11)(H,12,13);1-2H3. The fraction of sp³-hybridized carbons (Fsp3) is 0.273. The Balaban J connectivity index is 0.000000531. The van der Waals surface area contributed by atoms with Crippen LogP contribution in [0.4, 0.5) is 0 Å². The Morgan fingerprint density at radius 3 is 2.67 bits per heavy atom. The van der Waals surface area contributed by atoms with Gasteiger partial charge in [0.25, 0.3) is 0 Å². The molecule has 0 atom stereocenters. The van der Waals surface area contributed by atoms with Crippen molar-refractivity contribution in [1.82, 2.24) is 9.97 Å². The van der Waals surface area contributed by atoms with E-state index >= 15 is 0 Å². The number of aryl methyl sites for hydroxylation is 1. The van der Waals surface area contributed by atoms with Gasteiger partial charge in [-0.25, -0.2) is 9.78 Å². The van der Waals surface area contributed by atoms with E-state index in [4.69, 9.17) is 5.11 Å². The number of carboxylic acids is 1. The van der Waals surface area contributed by atoms with Crippen LogP contribution in [0.5, 0.6) is 0 Å². The van der Waals surface area contributed by atoms with Crippen molar-refractivity contribution in [3.8, 4) is 0 Å². The molecular weight excluding hydrogens is 192 g/mol. The predicted octanol–water partition coefficient (Wildman–Crippen LogP) is 2.60. The van der Waals surface area contributed by atoms with Gasteiger partial charge in [-0.2, -0.15) is 0 Å². The number of hydrogen-bond acceptors (Lipinski definition) is 2. The lowest BCUT2D eigenvalue weighted by Crippen LogP contribution is -1.96. The van der Waals surface area contributed by atoms with E-state index in [1.807, 2.05) is 19.9 Å². The molecule has 4 nitrogen and oxygen atoms in total. The zero-order valence-corrected chi connectivity index (χ0v) is 9.03. The summed E-state index contributed by atoms with van der Waals surface area (Å²) < 4.78 is 0. The van der Waals surface area contributed by atoms with Gasteiger partial charge in [0, 0.05) is 0 Å². The Hall–Kier alpha value is -1.84. The summed E-state index contributed by atoms with van der Waals surface area (Å²) in [6.45, 7) is 5.80. The van der Waals surface area contributed by atoms with E-state index < -0.39 is 5.97 Å². The van der Waals surface area contributed by atoms with Crippen molar-refractivity contribution in [3.63, 3.8) is 0 Å². The maximum atomic E-state index is 10.8. The summed E-state index contributed by atoms with van der Waals surface area (Å²) in [6, 6.07) is 5.05. The van der Waals surface area contributed by atoms with Gasteiger partial charge < -0.3 is 10.1 Å². The van der Waals surface area contributed by atoms with Gasteiger partial charge in [-0.15, -0.1) is 0 Å². The lowest BCUT2D eigenvalue weighted by atomic mass is 10.2. The number of rotatable bonds is 1. The quantitative estimate of drug-likeness (QED) is 0.753. The number of aromatic amines is 1. The smallest absolute Gasteiger partial charge is 0.337 e. The molecule has 0 aliphatic heterocycles. The minimum Gasteiger partial charge on any atom is -0.478 e. The number of H-pyrrole nitrogens is 1. The Labute approximate surface area is 88.0 Å². The zero-order chi connectivity index (χ0) is 11.4. The molecule has 2 N–H and O–H groups in total. The van der Waals surface area contributed by atoms with Crippen molar-refractivity contribution in [2.24, 2.45) is 0 Å². The number of para-hydroxylation sites is 1. The van der Waals surface area contributed by atoms with E-state index in [0.29, 0.717) is 5.52 Å². The molecule has 2 aromatic rings. The molecule has 0 saturated heterocycles. The summed E-state index contributed by atoms with van der Waals surface area (Å²) in [5.74, 6) is -0.221. The molecule has 0 aliphatic carbocycles. The molecule has 1 aromatic heterocycles. The van der Waals surface area contributed by atoms with Crippen LogP contribution in [0.1, 0.15) is 30.0 Å². The molecule has 0 spiro atoms. The molecule has 0 unspecified atom stereocenters. The van der Waals surface area contributed by atoms with Gasteiger partial charge in [0.15, 0.2) is 0 Å². The Morgan fingerprint density at radius 1 is 1.40 bits per heavy atom. The highest BCUT2D eigenvalue weighted by atomic mass is 16.4. The van der Waals surface area contributed by atoms with Gasteiger partial charge in [-0.3, -0.25) is 0 Å². The third-order valence-electron chi connectivity index (χ3n) is 1.86. The zero-order valence-electron chi connectivity index (χ0n) is 9.03. The third-order valence-corrected chi connectivity index (χ3v) is 1.86. The van der Waals surface area contributed by atoms with Crippen LogP contribution in [0.3, 0.4) is 0 Å². The van der Waals surface area contributed by atoms with Crippen molar-refractivity contribution in [3.05, 3.63) is 29.6 Å². The van der Waals surface area contributed by atoms with Crippen molar-refractivity contribution in [2.75, 3.05) is 0 Å². The van der Waals surface area contributed by atoms with Crippen LogP contribution in [-0.2, 0) is 0 Å². The molecule has 2 rings (SSSR count). The Bertz CT molecular complexity index is 474. The summed E-state index contributed by atoms with van der Waals surface area (Å²) in [5.41, 5.74) is 1.52. The summed E-state index contributed by atoms with van der Waals surface area (Å²) in [6.07, 6.45) is 0. The topological polar surface area (TPSA) is 66.0 Å². The van der Waals surface area contributed by atoms with Crippen LogP contribution < -0.4 is 0 Å². The summed E-state index contributed by atoms with van der Waals surface area (Å²) in [4.78, 5) is 17.8. The second-order valence-corrected chi connectivity index (χ2v) is 2.83. The van der Waals surface area contributed by atoms with Gasteiger partial charge in [-0.1, -0.05) is 19.9 Å². The maximum Gasteiger partial charge on any atom is 0.337 e. The normalized spacial score (nSPS) is 9.53. The number of imidazole rings is 1. The predicted molar refractivity (Wildman–Crippen MR) is 59.1 cm³/mol. The highest BCUT2D eigenvalue weighted by molar-refractivity contribution is 6.00. The van der Waals surface area contributed by atoms with E-state index in [1.165, 1.54) is 0 Å². The van der Waals surface area contributed by atoms with Crippen LogP contribution in [0.2, 0.25) is 0 Å². The minimum absolute atomic E-state index is 0.238. The SMILES string of the molecule is CC.Cc1nc2c(C(=O)O)cccc2[nH]1. The van der Waals surface area contributed by atoms with E-state index in [-0.39, 0.29) is 5.56 Å². The van der Waals surface area contributed by atoms with Crippen LogP contribution in [0.25, 0.3) is 11.0 Å². The lowest BCUT2D eigenvalue weighted by molar-refractivity contribution is 0.0699. The molecule has 4 heteroatoms. The highest BCUT2D eigenvalue weighted by Crippen LogP contribution is 2.15. The largest absolute Gasteiger partial charge is 0.478 e.